The Hall–Kier alpha value is -1.66. The molecular formula is C10H8F5NO. The molecule has 0 heterocycles. The molecule has 1 amide bonds. The maximum atomic E-state index is 13.1. The van der Waals surface area contributed by atoms with Crippen LogP contribution in [-0.2, 0) is 0 Å². The van der Waals surface area contributed by atoms with Crippen LogP contribution in [0.5, 0.6) is 0 Å². The van der Waals surface area contributed by atoms with Crippen molar-refractivity contribution in [2.75, 3.05) is 13.6 Å². The molecule has 1 aromatic carbocycles. The topological polar surface area (TPSA) is 20.3 Å². The van der Waals surface area contributed by atoms with Crippen molar-refractivity contribution in [2.24, 2.45) is 0 Å². The van der Waals surface area contributed by atoms with Crippen molar-refractivity contribution in [1.82, 2.24) is 4.90 Å². The molecule has 0 atom stereocenters. The molecular weight excluding hydrogens is 245 g/mol. The van der Waals surface area contributed by atoms with E-state index in [1.165, 1.54) is 0 Å². The number of halogens is 5. The highest BCUT2D eigenvalue weighted by Crippen LogP contribution is 2.18. The van der Waals surface area contributed by atoms with E-state index in [-0.39, 0.29) is 4.90 Å². The fraction of sp³-hybridized carbons (Fsp3) is 0.300. The summed E-state index contributed by atoms with van der Waals surface area (Å²) in [5.74, 6) is -3.96. The summed E-state index contributed by atoms with van der Waals surface area (Å²) in [6, 6.07) is 2.75. The molecule has 0 spiro atoms. The Morgan fingerprint density at radius 1 is 1.29 bits per heavy atom. The molecule has 0 aromatic heterocycles. The molecule has 0 saturated heterocycles. The quantitative estimate of drug-likeness (QED) is 0.742. The summed E-state index contributed by atoms with van der Waals surface area (Å²) >= 11 is 0. The molecule has 0 aliphatic carbocycles. The van der Waals surface area contributed by atoms with E-state index < -0.39 is 35.8 Å². The van der Waals surface area contributed by atoms with Crippen LogP contribution in [0.1, 0.15) is 10.4 Å². The van der Waals surface area contributed by atoms with Gasteiger partial charge in [0.05, 0.1) is 5.56 Å². The number of hydrogen-bond acceptors (Lipinski definition) is 1. The molecule has 0 aliphatic heterocycles. The molecule has 0 radical (unpaired) electrons. The van der Waals surface area contributed by atoms with Crippen molar-refractivity contribution in [3.8, 4) is 0 Å². The third kappa shape index (κ3) is 3.40. The van der Waals surface area contributed by atoms with Crippen LogP contribution in [0, 0.1) is 11.6 Å². The first-order valence-corrected chi connectivity index (χ1v) is 4.48. The highest BCUT2D eigenvalue weighted by Gasteiger charge is 2.32. The predicted molar refractivity (Wildman–Crippen MR) is 49.4 cm³/mol. The van der Waals surface area contributed by atoms with Crippen molar-refractivity contribution < 1.29 is 26.7 Å². The summed E-state index contributed by atoms with van der Waals surface area (Å²) < 4.78 is 61.9. The Kier molecular flexibility index (Phi) is 3.69. The molecule has 94 valence electrons. The van der Waals surface area contributed by atoms with Gasteiger partial charge in [-0.1, -0.05) is 6.07 Å². The summed E-state index contributed by atoms with van der Waals surface area (Å²) in [7, 11) is 0.861. The van der Waals surface area contributed by atoms with Crippen LogP contribution in [0.3, 0.4) is 0 Å². The lowest BCUT2D eigenvalue weighted by molar-refractivity contribution is -0.138. The highest BCUT2D eigenvalue weighted by atomic mass is 19.4. The van der Waals surface area contributed by atoms with Crippen LogP contribution >= 0.6 is 0 Å². The Bertz CT molecular complexity index is 429. The van der Waals surface area contributed by atoms with Crippen LogP contribution in [0.15, 0.2) is 18.2 Å². The number of carbonyl (C=O) groups excluding carboxylic acids is 1. The zero-order valence-electron chi connectivity index (χ0n) is 8.68. The fourth-order valence-electron chi connectivity index (χ4n) is 1.22. The second-order valence-electron chi connectivity index (χ2n) is 3.38. The van der Waals surface area contributed by atoms with E-state index in [1.54, 1.807) is 0 Å². The molecule has 0 aliphatic rings. The third-order valence-electron chi connectivity index (χ3n) is 1.95. The molecule has 7 heteroatoms. The lowest BCUT2D eigenvalue weighted by Crippen LogP contribution is -2.36. The first-order valence-electron chi connectivity index (χ1n) is 4.48. The summed E-state index contributed by atoms with van der Waals surface area (Å²) in [4.78, 5) is 11.7. The second kappa shape index (κ2) is 4.68. The fourth-order valence-corrected chi connectivity index (χ4v) is 1.22. The minimum absolute atomic E-state index is 0.276. The largest absolute Gasteiger partial charge is 0.406 e. The molecule has 0 unspecified atom stereocenters. The Labute approximate surface area is 93.6 Å². The average molecular weight is 253 g/mol. The lowest BCUT2D eigenvalue weighted by Gasteiger charge is -2.19. The molecule has 1 rings (SSSR count). The second-order valence-corrected chi connectivity index (χ2v) is 3.38. The van der Waals surface area contributed by atoms with E-state index in [1.807, 2.05) is 0 Å². The van der Waals surface area contributed by atoms with Crippen molar-refractivity contribution in [3.63, 3.8) is 0 Å². The summed E-state index contributed by atoms with van der Waals surface area (Å²) in [6.45, 7) is -1.53. The van der Waals surface area contributed by atoms with E-state index in [0.29, 0.717) is 0 Å². The summed E-state index contributed by atoms with van der Waals surface area (Å²) in [5, 5.41) is 0. The Balaban J connectivity index is 2.93. The number of benzene rings is 1. The van der Waals surface area contributed by atoms with Crippen molar-refractivity contribution in [3.05, 3.63) is 35.4 Å². The number of amides is 1. The number of hydrogen-bond donors (Lipinski definition) is 0. The molecule has 1 aromatic rings. The maximum Gasteiger partial charge on any atom is 0.406 e. The molecule has 0 saturated carbocycles. The van der Waals surface area contributed by atoms with Gasteiger partial charge in [0.25, 0.3) is 5.91 Å². The standard InChI is InChI=1S/C10H8F5NO/c1-16(5-10(13,14)15)9(17)6-3-2-4-7(11)8(6)12/h2-4H,5H2,1H3. The van der Waals surface area contributed by atoms with Gasteiger partial charge in [0.2, 0.25) is 0 Å². The zero-order chi connectivity index (χ0) is 13.2. The first kappa shape index (κ1) is 13.4. The predicted octanol–water partition coefficient (Wildman–Crippen LogP) is 2.60. The van der Waals surface area contributed by atoms with Gasteiger partial charge in [-0.3, -0.25) is 4.79 Å². The Morgan fingerprint density at radius 2 is 1.88 bits per heavy atom. The van der Waals surface area contributed by atoms with Gasteiger partial charge in [-0.15, -0.1) is 0 Å². The molecule has 2 nitrogen and oxygen atoms in total. The SMILES string of the molecule is CN(CC(F)(F)F)C(=O)c1cccc(F)c1F. The van der Waals surface area contributed by atoms with Crippen LogP contribution in [0.2, 0.25) is 0 Å². The van der Waals surface area contributed by atoms with Crippen molar-refractivity contribution in [1.29, 1.82) is 0 Å². The van der Waals surface area contributed by atoms with Crippen LogP contribution < -0.4 is 0 Å². The molecule has 17 heavy (non-hydrogen) atoms. The van der Waals surface area contributed by atoms with Gasteiger partial charge in [0.1, 0.15) is 6.54 Å². The highest BCUT2D eigenvalue weighted by molar-refractivity contribution is 5.94. The van der Waals surface area contributed by atoms with E-state index in [0.717, 1.165) is 25.2 Å². The normalized spacial score (nSPS) is 11.4. The average Bonchev–Trinajstić information content (AvgIpc) is 2.18. The summed E-state index contributed by atoms with van der Waals surface area (Å²) in [5.41, 5.74) is -0.725. The monoisotopic (exact) mass is 253 g/mol. The molecule has 0 N–H and O–H groups in total. The van der Waals surface area contributed by atoms with Gasteiger partial charge in [-0.05, 0) is 12.1 Å². The summed E-state index contributed by atoms with van der Waals surface area (Å²) in [6.07, 6.45) is -4.59. The number of rotatable bonds is 2. The molecule has 0 fully saturated rings. The third-order valence-corrected chi connectivity index (χ3v) is 1.95. The maximum absolute atomic E-state index is 13.1. The number of carbonyl (C=O) groups is 1. The smallest absolute Gasteiger partial charge is 0.333 e. The van der Waals surface area contributed by atoms with Crippen LogP contribution in [-0.4, -0.2) is 30.6 Å². The van der Waals surface area contributed by atoms with Gasteiger partial charge >= 0.3 is 6.18 Å². The van der Waals surface area contributed by atoms with Crippen molar-refractivity contribution >= 4 is 5.91 Å². The van der Waals surface area contributed by atoms with Crippen molar-refractivity contribution in [2.45, 2.75) is 6.18 Å². The zero-order valence-corrected chi connectivity index (χ0v) is 8.68. The Morgan fingerprint density at radius 3 is 2.41 bits per heavy atom. The van der Waals surface area contributed by atoms with Crippen LogP contribution in [0.25, 0.3) is 0 Å². The minimum Gasteiger partial charge on any atom is -0.333 e. The van der Waals surface area contributed by atoms with Gasteiger partial charge in [-0.25, -0.2) is 8.78 Å². The van der Waals surface area contributed by atoms with Gasteiger partial charge < -0.3 is 4.90 Å². The number of alkyl halides is 3. The van der Waals surface area contributed by atoms with E-state index in [4.69, 9.17) is 0 Å². The van der Waals surface area contributed by atoms with E-state index in [2.05, 4.69) is 0 Å². The molecule has 0 bridgehead atoms. The lowest BCUT2D eigenvalue weighted by atomic mass is 10.2. The van der Waals surface area contributed by atoms with Crippen LogP contribution in [0.4, 0.5) is 22.0 Å². The minimum atomic E-state index is -4.59. The number of nitrogens with zero attached hydrogens (tertiary/aromatic N) is 1. The first-order chi connectivity index (χ1) is 7.72. The van der Waals surface area contributed by atoms with E-state index >= 15 is 0 Å². The van der Waals surface area contributed by atoms with Gasteiger partial charge in [0.15, 0.2) is 11.6 Å². The van der Waals surface area contributed by atoms with Gasteiger partial charge in [-0.2, -0.15) is 13.2 Å². The van der Waals surface area contributed by atoms with Gasteiger partial charge in [0, 0.05) is 7.05 Å². The van der Waals surface area contributed by atoms with E-state index in [9.17, 15) is 26.7 Å².